The maximum Gasteiger partial charge on any atom is 0.290 e. The molecule has 1 saturated heterocycles. The largest absolute Gasteiger partial charge is 0.492 e. The number of hydrogen-bond acceptors (Lipinski definition) is 7. The zero-order valence-corrected chi connectivity index (χ0v) is 21.2. The molecule has 1 fully saturated rings. The van der Waals surface area contributed by atoms with Gasteiger partial charge in [-0.15, -0.1) is 0 Å². The van der Waals surface area contributed by atoms with Crippen LogP contribution in [0.2, 0.25) is 0 Å². The number of hydrogen-bond donors (Lipinski definition) is 1. The predicted molar refractivity (Wildman–Crippen MR) is 143 cm³/mol. The van der Waals surface area contributed by atoms with Crippen molar-refractivity contribution in [3.05, 3.63) is 81.1 Å². The van der Waals surface area contributed by atoms with E-state index < -0.39 is 5.91 Å². The van der Waals surface area contributed by atoms with E-state index in [1.54, 1.807) is 46.6 Å². The monoisotopic (exact) mass is 515 g/mol. The molecule has 0 unspecified atom stereocenters. The Kier molecular flexibility index (Phi) is 6.91. The fourth-order valence-corrected chi connectivity index (χ4v) is 4.91. The van der Waals surface area contributed by atoms with Crippen molar-refractivity contribution in [2.24, 2.45) is 7.05 Å². The molecular formula is C27H25N5O4S. The zero-order valence-electron chi connectivity index (χ0n) is 20.4. The van der Waals surface area contributed by atoms with Crippen molar-refractivity contribution in [2.45, 2.75) is 26.3 Å². The molecular weight excluding hydrogens is 490 g/mol. The predicted octanol–water partition coefficient (Wildman–Crippen LogP) is 4.15. The Morgan fingerprint density at radius 2 is 1.81 bits per heavy atom. The summed E-state index contributed by atoms with van der Waals surface area (Å²) < 4.78 is 9.19. The van der Waals surface area contributed by atoms with E-state index in [4.69, 9.17) is 9.72 Å². The van der Waals surface area contributed by atoms with Crippen LogP contribution in [-0.4, -0.2) is 37.1 Å². The third-order valence-corrected chi connectivity index (χ3v) is 6.75. The summed E-state index contributed by atoms with van der Waals surface area (Å²) in [6.45, 7) is 2.62. The summed E-state index contributed by atoms with van der Waals surface area (Å²) in [5.41, 5.74) is 3.41. The second kappa shape index (κ2) is 10.4. The maximum absolute atomic E-state index is 13.6. The van der Waals surface area contributed by atoms with Crippen molar-refractivity contribution in [1.29, 1.82) is 0 Å². The van der Waals surface area contributed by atoms with Gasteiger partial charge < -0.3 is 4.74 Å². The highest BCUT2D eigenvalue weighted by Crippen LogP contribution is 2.26. The summed E-state index contributed by atoms with van der Waals surface area (Å²) >= 11 is 0.877. The van der Waals surface area contributed by atoms with Gasteiger partial charge in [-0.05, 0) is 42.0 Å². The third-order valence-electron chi connectivity index (χ3n) is 5.94. The van der Waals surface area contributed by atoms with Crippen LogP contribution in [0.15, 0.2) is 64.3 Å². The summed E-state index contributed by atoms with van der Waals surface area (Å²) in [5.74, 6) is 0.808. The summed E-state index contributed by atoms with van der Waals surface area (Å²) in [6.07, 6.45) is 3.31. The lowest BCUT2D eigenvalue weighted by Gasteiger charge is -2.14. The number of ether oxygens (including phenoxy) is 1. The fourth-order valence-electron chi connectivity index (χ4n) is 4.22. The van der Waals surface area contributed by atoms with Crippen LogP contribution in [0.3, 0.4) is 0 Å². The Morgan fingerprint density at radius 3 is 2.49 bits per heavy atom. The number of carbonyl (C=O) groups excluding carboxylic acids is 2. The minimum Gasteiger partial charge on any atom is -0.492 e. The van der Waals surface area contributed by atoms with E-state index in [1.807, 2.05) is 30.3 Å². The van der Waals surface area contributed by atoms with Crippen LogP contribution in [0.25, 0.3) is 28.5 Å². The third kappa shape index (κ3) is 5.05. The number of imide groups is 1. The Morgan fingerprint density at radius 1 is 1.05 bits per heavy atom. The van der Waals surface area contributed by atoms with E-state index in [9.17, 15) is 14.4 Å². The van der Waals surface area contributed by atoms with Crippen molar-refractivity contribution in [2.75, 3.05) is 6.61 Å². The highest BCUT2D eigenvalue weighted by Gasteiger charge is 2.25. The Hall–Kier alpha value is -4.18. The number of carbonyl (C=O) groups is 2. The van der Waals surface area contributed by atoms with Gasteiger partial charge in [-0.2, -0.15) is 5.10 Å². The Balaban J connectivity index is 1.39. The summed E-state index contributed by atoms with van der Waals surface area (Å²) in [5, 5.41) is 6.42. The number of rotatable bonds is 8. The van der Waals surface area contributed by atoms with E-state index >= 15 is 0 Å². The molecule has 0 spiro atoms. The quantitative estimate of drug-likeness (QED) is 0.351. The zero-order chi connectivity index (χ0) is 25.9. The molecule has 5 rings (SSSR count). The molecule has 37 heavy (non-hydrogen) atoms. The van der Waals surface area contributed by atoms with Gasteiger partial charge in [-0.1, -0.05) is 55.8 Å². The van der Waals surface area contributed by atoms with Gasteiger partial charge in [0.05, 0.1) is 17.1 Å². The molecule has 0 aliphatic carbocycles. The molecule has 10 heteroatoms. The summed E-state index contributed by atoms with van der Waals surface area (Å²) in [4.78, 5) is 41.9. The number of thioether (sulfide) groups is 1. The van der Waals surface area contributed by atoms with Crippen molar-refractivity contribution in [1.82, 2.24) is 24.6 Å². The Labute approximate surface area is 217 Å². The van der Waals surface area contributed by atoms with Crippen LogP contribution in [0.4, 0.5) is 4.79 Å². The minimum absolute atomic E-state index is 0.159. The normalized spacial score (nSPS) is 14.5. The first-order chi connectivity index (χ1) is 17.9. The number of aromatic nitrogens is 4. The lowest BCUT2D eigenvalue weighted by molar-refractivity contribution is -0.115. The SMILES string of the molecule is CCCc1nn(C)c2c(=O)n(CCOc3ccc(/C=C4/SC(=O)NC4=O)cc3)c(-c3ccccc3)nc12. The summed E-state index contributed by atoms with van der Waals surface area (Å²) in [6, 6.07) is 16.8. The van der Waals surface area contributed by atoms with Gasteiger partial charge in [0.1, 0.15) is 23.7 Å². The van der Waals surface area contributed by atoms with Crippen LogP contribution in [0.1, 0.15) is 24.6 Å². The lowest BCUT2D eigenvalue weighted by atomic mass is 10.2. The second-order valence-corrected chi connectivity index (χ2v) is 9.56. The van der Waals surface area contributed by atoms with Gasteiger partial charge in [0, 0.05) is 12.6 Å². The molecule has 2 aromatic carbocycles. The van der Waals surface area contributed by atoms with E-state index in [1.165, 1.54) is 0 Å². The van der Waals surface area contributed by atoms with E-state index in [0.29, 0.717) is 34.1 Å². The van der Waals surface area contributed by atoms with Crippen molar-refractivity contribution in [3.63, 3.8) is 0 Å². The van der Waals surface area contributed by atoms with Gasteiger partial charge >= 0.3 is 0 Å². The first-order valence-corrected chi connectivity index (χ1v) is 12.8. The summed E-state index contributed by atoms with van der Waals surface area (Å²) in [7, 11) is 1.77. The smallest absolute Gasteiger partial charge is 0.290 e. The van der Waals surface area contributed by atoms with E-state index in [-0.39, 0.29) is 17.4 Å². The number of nitrogens with one attached hydrogen (secondary N) is 1. The Bertz CT molecular complexity index is 1570. The molecule has 1 N–H and O–H groups in total. The van der Waals surface area contributed by atoms with Crippen LogP contribution >= 0.6 is 11.8 Å². The van der Waals surface area contributed by atoms with E-state index in [2.05, 4.69) is 17.3 Å². The highest BCUT2D eigenvalue weighted by molar-refractivity contribution is 8.18. The van der Waals surface area contributed by atoms with E-state index in [0.717, 1.165) is 41.4 Å². The van der Waals surface area contributed by atoms with Crippen molar-refractivity contribution in [3.8, 4) is 17.1 Å². The molecule has 0 atom stereocenters. The molecule has 0 saturated carbocycles. The molecule has 2 aromatic heterocycles. The molecule has 188 valence electrons. The topological polar surface area (TPSA) is 108 Å². The molecule has 1 aliphatic rings. The van der Waals surface area contributed by atoms with Crippen LogP contribution in [-0.2, 0) is 24.8 Å². The number of benzene rings is 2. The standard InChI is InChI=1S/C27H25N5O4S/c1-3-7-20-22-23(31(2)30-20)26(34)32(24(28-22)18-8-5-4-6-9-18)14-15-36-19-12-10-17(11-13-19)16-21-25(33)29-27(35)37-21/h4-6,8-13,16H,3,7,14-15H2,1-2H3,(H,29,33,35)/b21-16+. The van der Waals surface area contributed by atoms with Gasteiger partial charge in [-0.25, -0.2) is 4.98 Å². The lowest BCUT2D eigenvalue weighted by Crippen LogP contribution is -2.27. The van der Waals surface area contributed by atoms with Crippen molar-refractivity contribution < 1.29 is 14.3 Å². The van der Waals surface area contributed by atoms with Crippen LogP contribution < -0.4 is 15.6 Å². The second-order valence-electron chi connectivity index (χ2n) is 8.55. The number of aryl methyl sites for hydroxylation is 2. The average Bonchev–Trinajstić information content (AvgIpc) is 3.38. The van der Waals surface area contributed by atoms with Crippen molar-refractivity contribution >= 4 is 40.0 Å². The average molecular weight is 516 g/mol. The first kappa shape index (κ1) is 24.5. The fraction of sp³-hybridized carbons (Fsp3) is 0.222. The molecule has 9 nitrogen and oxygen atoms in total. The molecule has 3 heterocycles. The molecule has 2 amide bonds. The van der Waals surface area contributed by atoms with Gasteiger partial charge in [-0.3, -0.25) is 28.9 Å². The molecule has 1 aliphatic heterocycles. The first-order valence-electron chi connectivity index (χ1n) is 11.9. The number of nitrogens with zero attached hydrogens (tertiary/aromatic N) is 4. The van der Waals surface area contributed by atoms with Gasteiger partial charge in [0.2, 0.25) is 0 Å². The van der Waals surface area contributed by atoms with Crippen LogP contribution in [0, 0.1) is 0 Å². The maximum atomic E-state index is 13.6. The molecule has 0 bridgehead atoms. The van der Waals surface area contributed by atoms with Gasteiger partial charge in [0.25, 0.3) is 16.7 Å². The molecule has 4 aromatic rings. The van der Waals surface area contributed by atoms with Crippen LogP contribution in [0.5, 0.6) is 5.75 Å². The molecule has 0 radical (unpaired) electrons. The number of amides is 2. The minimum atomic E-state index is -0.393. The number of fused-ring (bicyclic) bond motifs is 1. The van der Waals surface area contributed by atoms with Gasteiger partial charge in [0.15, 0.2) is 5.52 Å². The highest BCUT2D eigenvalue weighted by atomic mass is 32.2.